The van der Waals surface area contributed by atoms with Crippen LogP contribution in [0.5, 0.6) is 5.75 Å². The topological polar surface area (TPSA) is 79.5 Å². The maximum atomic E-state index is 13.1. The highest BCUT2D eigenvalue weighted by Gasteiger charge is 2.13. The lowest BCUT2D eigenvalue weighted by molar-refractivity contribution is 0.0955. The fourth-order valence-electron chi connectivity index (χ4n) is 2.24. The smallest absolute Gasteiger partial charge is 0.271 e. The lowest BCUT2D eigenvalue weighted by Gasteiger charge is -2.02. The number of aromatic hydroxyl groups is 1. The average molecular weight is 373 g/mol. The Morgan fingerprint density at radius 3 is 2.54 bits per heavy atom. The Kier molecular flexibility index (Phi) is 4.99. The van der Waals surface area contributed by atoms with Crippen LogP contribution >= 0.6 is 11.6 Å². The van der Waals surface area contributed by atoms with Gasteiger partial charge in [-0.2, -0.15) is 10.2 Å². The van der Waals surface area contributed by atoms with Crippen molar-refractivity contribution in [2.45, 2.75) is 6.92 Å². The molecule has 132 valence electrons. The molecular formula is C18H14ClFN4O2. The number of carbonyl (C=O) groups is 1. The summed E-state index contributed by atoms with van der Waals surface area (Å²) in [5.74, 6) is -0.714. The molecule has 0 spiro atoms. The number of nitrogens with zero attached hydrogens (tertiary/aromatic N) is 3. The molecule has 0 aliphatic heterocycles. The van der Waals surface area contributed by atoms with Crippen molar-refractivity contribution in [2.75, 3.05) is 0 Å². The molecule has 0 saturated carbocycles. The SMILES string of the molecule is Cc1nn(-c2ccc(F)cc2)c(Cl)c1/C=N/NC(=O)c1ccc(O)cc1. The number of hydrogen-bond acceptors (Lipinski definition) is 4. The van der Waals surface area contributed by atoms with Crippen LogP contribution in [0.25, 0.3) is 5.69 Å². The number of phenolic OH excluding ortho intramolecular Hbond substituents is 1. The van der Waals surface area contributed by atoms with Gasteiger partial charge in [0.1, 0.15) is 16.7 Å². The average Bonchev–Trinajstić information content (AvgIpc) is 2.91. The first-order valence-electron chi connectivity index (χ1n) is 7.59. The zero-order chi connectivity index (χ0) is 18.7. The van der Waals surface area contributed by atoms with E-state index in [4.69, 9.17) is 11.6 Å². The van der Waals surface area contributed by atoms with Gasteiger partial charge in [0.05, 0.1) is 23.2 Å². The van der Waals surface area contributed by atoms with E-state index in [1.165, 1.54) is 47.3 Å². The molecule has 8 heteroatoms. The summed E-state index contributed by atoms with van der Waals surface area (Å²) in [7, 11) is 0. The van der Waals surface area contributed by atoms with Crippen molar-refractivity contribution in [3.63, 3.8) is 0 Å². The molecule has 0 saturated heterocycles. The second kappa shape index (κ2) is 7.37. The second-order valence-corrected chi connectivity index (χ2v) is 5.78. The van der Waals surface area contributed by atoms with Crippen molar-refractivity contribution in [2.24, 2.45) is 5.10 Å². The minimum Gasteiger partial charge on any atom is -0.508 e. The number of carbonyl (C=O) groups excluding carboxylic acids is 1. The number of phenols is 1. The Balaban J connectivity index is 1.77. The van der Waals surface area contributed by atoms with E-state index >= 15 is 0 Å². The molecule has 26 heavy (non-hydrogen) atoms. The minimum atomic E-state index is -0.430. The van der Waals surface area contributed by atoms with Crippen LogP contribution in [-0.4, -0.2) is 27.0 Å². The number of hydrogen-bond donors (Lipinski definition) is 2. The first-order valence-corrected chi connectivity index (χ1v) is 7.97. The molecule has 0 fully saturated rings. The van der Waals surface area contributed by atoms with Gasteiger partial charge >= 0.3 is 0 Å². The van der Waals surface area contributed by atoms with Crippen LogP contribution in [0.2, 0.25) is 5.15 Å². The molecular weight excluding hydrogens is 359 g/mol. The summed E-state index contributed by atoms with van der Waals surface area (Å²) in [6.45, 7) is 1.75. The Morgan fingerprint density at radius 1 is 1.23 bits per heavy atom. The quantitative estimate of drug-likeness (QED) is 0.544. The highest BCUT2D eigenvalue weighted by atomic mass is 35.5. The third kappa shape index (κ3) is 3.73. The summed E-state index contributed by atoms with van der Waals surface area (Å²) in [6.07, 6.45) is 1.39. The van der Waals surface area contributed by atoms with E-state index in [2.05, 4.69) is 15.6 Å². The van der Waals surface area contributed by atoms with E-state index in [1.807, 2.05) is 0 Å². The van der Waals surface area contributed by atoms with Gasteiger partial charge in [0.2, 0.25) is 0 Å². The summed E-state index contributed by atoms with van der Waals surface area (Å²) in [5.41, 5.74) is 4.47. The lowest BCUT2D eigenvalue weighted by Crippen LogP contribution is -2.17. The predicted octanol–water partition coefficient (Wildman–Crippen LogP) is 3.44. The van der Waals surface area contributed by atoms with Crippen LogP contribution in [0.4, 0.5) is 4.39 Å². The van der Waals surface area contributed by atoms with Gasteiger partial charge in [-0.25, -0.2) is 14.5 Å². The summed E-state index contributed by atoms with van der Waals surface area (Å²) < 4.78 is 14.5. The van der Waals surface area contributed by atoms with E-state index in [9.17, 15) is 14.3 Å². The van der Waals surface area contributed by atoms with Crippen molar-refractivity contribution >= 4 is 23.7 Å². The third-order valence-electron chi connectivity index (χ3n) is 3.61. The fraction of sp³-hybridized carbons (Fsp3) is 0.0556. The zero-order valence-electron chi connectivity index (χ0n) is 13.6. The molecule has 0 unspecified atom stereocenters. The van der Waals surface area contributed by atoms with E-state index in [-0.39, 0.29) is 16.7 Å². The normalized spacial score (nSPS) is 11.0. The molecule has 3 rings (SSSR count). The minimum absolute atomic E-state index is 0.0701. The number of benzene rings is 2. The van der Waals surface area contributed by atoms with Gasteiger partial charge in [0.25, 0.3) is 5.91 Å². The first kappa shape index (κ1) is 17.6. The molecule has 0 bridgehead atoms. The molecule has 0 aliphatic rings. The molecule has 0 radical (unpaired) electrons. The predicted molar refractivity (Wildman–Crippen MR) is 96.4 cm³/mol. The van der Waals surface area contributed by atoms with Crippen LogP contribution < -0.4 is 5.43 Å². The van der Waals surface area contributed by atoms with E-state index in [0.29, 0.717) is 22.5 Å². The molecule has 2 N–H and O–H groups in total. The van der Waals surface area contributed by atoms with Crippen molar-refractivity contribution in [3.8, 4) is 11.4 Å². The highest BCUT2D eigenvalue weighted by molar-refractivity contribution is 6.32. The molecule has 1 heterocycles. The van der Waals surface area contributed by atoms with Gasteiger partial charge < -0.3 is 5.11 Å². The third-order valence-corrected chi connectivity index (χ3v) is 3.97. The standard InChI is InChI=1S/C18H14ClFN4O2/c1-11-16(10-21-22-18(26)12-2-8-15(25)9-3-12)17(19)24(23-11)14-6-4-13(20)5-7-14/h2-10,25H,1H3,(H,22,26)/b21-10+. The van der Waals surface area contributed by atoms with Crippen molar-refractivity contribution in [3.05, 3.63) is 76.3 Å². The number of amides is 1. The highest BCUT2D eigenvalue weighted by Crippen LogP contribution is 2.22. The van der Waals surface area contributed by atoms with Crippen LogP contribution in [0.1, 0.15) is 21.6 Å². The number of aromatic nitrogens is 2. The van der Waals surface area contributed by atoms with Gasteiger partial charge in [0.15, 0.2) is 0 Å². The lowest BCUT2D eigenvalue weighted by atomic mass is 10.2. The summed E-state index contributed by atoms with van der Waals surface area (Å²) in [4.78, 5) is 12.0. The largest absolute Gasteiger partial charge is 0.508 e. The number of halogens is 2. The van der Waals surface area contributed by atoms with Gasteiger partial charge in [-0.15, -0.1) is 0 Å². The number of hydrazone groups is 1. The van der Waals surface area contributed by atoms with Crippen molar-refractivity contribution < 1.29 is 14.3 Å². The first-order chi connectivity index (χ1) is 12.5. The summed E-state index contributed by atoms with van der Waals surface area (Å²) >= 11 is 6.33. The maximum Gasteiger partial charge on any atom is 0.271 e. The van der Waals surface area contributed by atoms with E-state index in [1.54, 1.807) is 19.1 Å². The molecule has 0 aliphatic carbocycles. The van der Waals surface area contributed by atoms with Gasteiger partial charge in [-0.3, -0.25) is 4.79 Å². The van der Waals surface area contributed by atoms with Crippen LogP contribution in [0.15, 0.2) is 53.6 Å². The Bertz CT molecular complexity index is 966. The molecule has 2 aromatic carbocycles. The number of aryl methyl sites for hydroxylation is 1. The van der Waals surface area contributed by atoms with Crippen LogP contribution in [-0.2, 0) is 0 Å². The van der Waals surface area contributed by atoms with Gasteiger partial charge in [-0.1, -0.05) is 11.6 Å². The van der Waals surface area contributed by atoms with Crippen LogP contribution in [0.3, 0.4) is 0 Å². The van der Waals surface area contributed by atoms with Crippen LogP contribution in [0, 0.1) is 12.7 Å². The number of rotatable bonds is 4. The van der Waals surface area contributed by atoms with E-state index in [0.717, 1.165) is 0 Å². The Labute approximate surface area is 153 Å². The monoisotopic (exact) mass is 372 g/mol. The summed E-state index contributed by atoms with van der Waals surface area (Å²) in [5, 5.41) is 17.7. The van der Waals surface area contributed by atoms with Gasteiger partial charge in [-0.05, 0) is 55.5 Å². The van der Waals surface area contributed by atoms with Crippen molar-refractivity contribution in [1.82, 2.24) is 15.2 Å². The Morgan fingerprint density at radius 2 is 1.88 bits per heavy atom. The molecule has 1 amide bonds. The molecule has 1 aromatic heterocycles. The van der Waals surface area contributed by atoms with Crippen molar-refractivity contribution in [1.29, 1.82) is 0 Å². The molecule has 6 nitrogen and oxygen atoms in total. The fourth-order valence-corrected chi connectivity index (χ4v) is 2.56. The molecule has 0 atom stereocenters. The van der Waals surface area contributed by atoms with Gasteiger partial charge in [0, 0.05) is 5.56 Å². The second-order valence-electron chi connectivity index (χ2n) is 5.42. The van der Waals surface area contributed by atoms with E-state index < -0.39 is 5.91 Å². The maximum absolute atomic E-state index is 13.1. The number of nitrogens with one attached hydrogen (secondary N) is 1. The molecule has 3 aromatic rings. The Hall–Kier alpha value is -3.19. The summed E-state index contributed by atoms with van der Waals surface area (Å²) in [6, 6.07) is 11.5. The zero-order valence-corrected chi connectivity index (χ0v) is 14.4.